The normalized spacial score (nSPS) is 11.7. The van der Waals surface area contributed by atoms with E-state index >= 15 is 0 Å². The highest BCUT2D eigenvalue weighted by atomic mass is 32.2. The lowest BCUT2D eigenvalue weighted by atomic mass is 10.2. The van der Waals surface area contributed by atoms with Gasteiger partial charge in [0.1, 0.15) is 0 Å². The Labute approximate surface area is 123 Å². The number of benzene rings is 1. The van der Waals surface area contributed by atoms with Crippen LogP contribution in [-0.4, -0.2) is 38.0 Å². The Morgan fingerprint density at radius 1 is 1.14 bits per heavy atom. The molecule has 21 heavy (non-hydrogen) atoms. The predicted octanol–water partition coefficient (Wildman–Crippen LogP) is 0.766. The lowest BCUT2D eigenvalue weighted by Crippen LogP contribution is -2.26. The number of hydrogen-bond donors (Lipinski definition) is 2. The van der Waals surface area contributed by atoms with Crippen LogP contribution in [0.4, 0.5) is 0 Å². The van der Waals surface area contributed by atoms with Gasteiger partial charge in [-0.15, -0.1) is 10.2 Å². The molecule has 0 saturated heterocycles. The maximum absolute atomic E-state index is 10.9. The Hall–Kier alpha value is -1.77. The second-order valence-electron chi connectivity index (χ2n) is 4.56. The number of nitrogens with zero attached hydrogens (tertiary/aromatic N) is 2. The van der Waals surface area contributed by atoms with Crippen molar-refractivity contribution in [2.45, 2.75) is 13.0 Å². The summed E-state index contributed by atoms with van der Waals surface area (Å²) in [5, 5.41) is 11.1. The van der Waals surface area contributed by atoms with Gasteiger partial charge in [0.2, 0.25) is 21.8 Å². The molecule has 0 radical (unpaired) electrons. The zero-order valence-electron chi connectivity index (χ0n) is 11.7. The topological polar surface area (TPSA) is 97.1 Å². The summed E-state index contributed by atoms with van der Waals surface area (Å²) in [6.45, 7) is 1.52. The molecule has 8 heteroatoms. The molecule has 2 rings (SSSR count). The first-order chi connectivity index (χ1) is 10.0. The van der Waals surface area contributed by atoms with Crippen LogP contribution in [0.25, 0.3) is 11.5 Å². The second-order valence-corrected chi connectivity index (χ2v) is 6.40. The van der Waals surface area contributed by atoms with Crippen molar-refractivity contribution in [2.75, 3.05) is 19.3 Å². The van der Waals surface area contributed by atoms with Crippen LogP contribution in [0.1, 0.15) is 12.3 Å². The largest absolute Gasteiger partial charge is 0.419 e. The third kappa shape index (κ3) is 5.62. The summed E-state index contributed by atoms with van der Waals surface area (Å²) in [7, 11) is -3.11. The number of sulfonamides is 1. The smallest absolute Gasteiger partial charge is 0.247 e. The van der Waals surface area contributed by atoms with E-state index in [4.69, 9.17) is 4.42 Å². The Balaban J connectivity index is 1.72. The van der Waals surface area contributed by atoms with E-state index in [1.54, 1.807) is 0 Å². The van der Waals surface area contributed by atoms with E-state index in [9.17, 15) is 8.42 Å². The van der Waals surface area contributed by atoms with Crippen LogP contribution >= 0.6 is 0 Å². The maximum atomic E-state index is 10.9. The molecule has 0 amide bonds. The van der Waals surface area contributed by atoms with Gasteiger partial charge >= 0.3 is 0 Å². The zero-order chi connectivity index (χ0) is 15.1. The van der Waals surface area contributed by atoms with Gasteiger partial charge in [0.15, 0.2) is 0 Å². The Kier molecular flexibility index (Phi) is 5.43. The van der Waals surface area contributed by atoms with Gasteiger partial charge < -0.3 is 9.73 Å². The summed E-state index contributed by atoms with van der Waals surface area (Å²) in [6, 6.07) is 9.55. The number of aromatic nitrogens is 2. The average Bonchev–Trinajstić information content (AvgIpc) is 2.91. The monoisotopic (exact) mass is 310 g/mol. The van der Waals surface area contributed by atoms with E-state index in [1.165, 1.54) is 0 Å². The molecule has 2 N–H and O–H groups in total. The SMILES string of the molecule is CS(=O)(=O)NCCCNCc1nnc(-c2ccccc2)o1. The molecule has 0 unspecified atom stereocenters. The van der Waals surface area contributed by atoms with Crippen molar-refractivity contribution in [1.82, 2.24) is 20.2 Å². The standard InChI is InChI=1S/C13H18N4O3S/c1-21(18,19)15-9-5-8-14-10-12-16-17-13(20-12)11-6-3-2-4-7-11/h2-4,6-7,14-15H,5,8-10H2,1H3. The van der Waals surface area contributed by atoms with Crippen molar-refractivity contribution in [3.8, 4) is 11.5 Å². The van der Waals surface area contributed by atoms with E-state index in [0.29, 0.717) is 37.8 Å². The lowest BCUT2D eigenvalue weighted by Gasteiger charge is -2.02. The first-order valence-corrected chi connectivity index (χ1v) is 8.47. The van der Waals surface area contributed by atoms with Crippen molar-refractivity contribution in [1.29, 1.82) is 0 Å². The molecule has 1 aromatic carbocycles. The molecule has 0 aliphatic heterocycles. The molecular formula is C13H18N4O3S. The van der Waals surface area contributed by atoms with Gasteiger partial charge in [0.05, 0.1) is 12.8 Å². The molecular weight excluding hydrogens is 292 g/mol. The van der Waals surface area contributed by atoms with E-state index < -0.39 is 10.0 Å². The molecule has 0 saturated carbocycles. The zero-order valence-corrected chi connectivity index (χ0v) is 12.6. The van der Waals surface area contributed by atoms with Gasteiger partial charge in [-0.2, -0.15) is 0 Å². The van der Waals surface area contributed by atoms with Crippen LogP contribution in [0.5, 0.6) is 0 Å². The van der Waals surface area contributed by atoms with Crippen LogP contribution in [-0.2, 0) is 16.6 Å². The first kappa shape index (κ1) is 15.6. The molecule has 114 valence electrons. The van der Waals surface area contributed by atoms with Crippen LogP contribution in [0.15, 0.2) is 34.7 Å². The van der Waals surface area contributed by atoms with Crippen molar-refractivity contribution >= 4 is 10.0 Å². The third-order valence-corrected chi connectivity index (χ3v) is 3.39. The minimum atomic E-state index is -3.11. The Morgan fingerprint density at radius 2 is 1.90 bits per heavy atom. The fourth-order valence-electron chi connectivity index (χ4n) is 1.69. The van der Waals surface area contributed by atoms with Gasteiger partial charge in [0, 0.05) is 12.1 Å². The third-order valence-electron chi connectivity index (χ3n) is 2.66. The summed E-state index contributed by atoms with van der Waals surface area (Å²) in [6.07, 6.45) is 1.83. The van der Waals surface area contributed by atoms with E-state index in [0.717, 1.165) is 11.8 Å². The molecule has 0 atom stereocenters. The quantitative estimate of drug-likeness (QED) is 0.699. The van der Waals surface area contributed by atoms with Crippen molar-refractivity contribution in [2.24, 2.45) is 0 Å². The van der Waals surface area contributed by atoms with E-state index in [-0.39, 0.29) is 0 Å². The van der Waals surface area contributed by atoms with Gasteiger partial charge in [-0.1, -0.05) is 18.2 Å². The Bertz CT molecular complexity index is 655. The molecule has 0 spiro atoms. The van der Waals surface area contributed by atoms with Crippen LogP contribution in [0.3, 0.4) is 0 Å². The lowest BCUT2D eigenvalue weighted by molar-refractivity contribution is 0.475. The molecule has 2 aromatic rings. The molecule has 0 bridgehead atoms. The van der Waals surface area contributed by atoms with Crippen molar-refractivity contribution < 1.29 is 12.8 Å². The molecule has 1 heterocycles. The fraction of sp³-hybridized carbons (Fsp3) is 0.385. The first-order valence-electron chi connectivity index (χ1n) is 6.58. The maximum Gasteiger partial charge on any atom is 0.247 e. The number of rotatable bonds is 8. The van der Waals surface area contributed by atoms with Crippen LogP contribution in [0, 0.1) is 0 Å². The summed E-state index contributed by atoms with van der Waals surface area (Å²) in [5.41, 5.74) is 0.883. The highest BCUT2D eigenvalue weighted by molar-refractivity contribution is 7.88. The summed E-state index contributed by atoms with van der Waals surface area (Å²) < 4.78 is 29.7. The molecule has 1 aromatic heterocycles. The van der Waals surface area contributed by atoms with Crippen molar-refractivity contribution in [3.05, 3.63) is 36.2 Å². The van der Waals surface area contributed by atoms with Crippen LogP contribution in [0.2, 0.25) is 0 Å². The minimum absolute atomic E-state index is 0.408. The number of nitrogens with one attached hydrogen (secondary N) is 2. The number of hydrogen-bond acceptors (Lipinski definition) is 6. The molecule has 0 fully saturated rings. The van der Waals surface area contributed by atoms with E-state index in [1.807, 2.05) is 30.3 Å². The average molecular weight is 310 g/mol. The van der Waals surface area contributed by atoms with Crippen molar-refractivity contribution in [3.63, 3.8) is 0 Å². The molecule has 0 aliphatic rings. The molecule has 7 nitrogen and oxygen atoms in total. The van der Waals surface area contributed by atoms with E-state index in [2.05, 4.69) is 20.2 Å². The van der Waals surface area contributed by atoms with Crippen LogP contribution < -0.4 is 10.0 Å². The van der Waals surface area contributed by atoms with Gasteiger partial charge in [-0.3, -0.25) is 0 Å². The predicted molar refractivity (Wildman–Crippen MR) is 78.9 cm³/mol. The molecule has 0 aliphatic carbocycles. The highest BCUT2D eigenvalue weighted by Crippen LogP contribution is 2.16. The summed E-state index contributed by atoms with van der Waals surface area (Å²) in [4.78, 5) is 0. The minimum Gasteiger partial charge on any atom is -0.419 e. The summed E-state index contributed by atoms with van der Waals surface area (Å²) >= 11 is 0. The second kappa shape index (κ2) is 7.30. The highest BCUT2D eigenvalue weighted by Gasteiger charge is 2.07. The van der Waals surface area contributed by atoms with Gasteiger partial charge in [-0.05, 0) is 25.1 Å². The fourth-order valence-corrected chi connectivity index (χ4v) is 2.20. The van der Waals surface area contributed by atoms with Gasteiger partial charge in [-0.25, -0.2) is 13.1 Å². The summed E-state index contributed by atoms with van der Waals surface area (Å²) in [5.74, 6) is 0.996. The van der Waals surface area contributed by atoms with Gasteiger partial charge in [0.25, 0.3) is 0 Å². The Morgan fingerprint density at radius 3 is 2.62 bits per heavy atom.